The van der Waals surface area contributed by atoms with Gasteiger partial charge in [-0.15, -0.1) is 0 Å². The van der Waals surface area contributed by atoms with Gasteiger partial charge in [-0.25, -0.2) is 0 Å². The lowest BCUT2D eigenvalue weighted by Gasteiger charge is -2.26. The first-order chi connectivity index (χ1) is 6.43. The molecule has 1 fully saturated rings. The molecule has 0 aromatic rings. The molecule has 3 aliphatic rings. The molecule has 0 nitrogen and oxygen atoms in total. The standard InChI is InChI=1S/C13H12/c1-2-5-11-9-13-7-3-6-12(13)8-10(11)4-1/h3-7,13H,1-2,8H2. The third-order valence-corrected chi connectivity index (χ3v) is 2.97. The molecule has 1 unspecified atom stereocenters. The van der Waals surface area contributed by atoms with Gasteiger partial charge in [-0.1, -0.05) is 36.0 Å². The molecule has 0 heteroatoms. The lowest BCUT2D eigenvalue weighted by molar-refractivity contribution is 0.799. The van der Waals surface area contributed by atoms with Gasteiger partial charge < -0.3 is 0 Å². The number of rotatable bonds is 0. The van der Waals surface area contributed by atoms with E-state index < -0.39 is 0 Å². The molecule has 1 saturated carbocycles. The fraction of sp³-hybridized carbons (Fsp3) is 0.308. The molecule has 0 spiro atoms. The van der Waals surface area contributed by atoms with Crippen LogP contribution in [0, 0.1) is 12.3 Å². The van der Waals surface area contributed by atoms with E-state index in [4.69, 9.17) is 0 Å². The number of allylic oxidation sites excluding steroid dienone is 8. The summed E-state index contributed by atoms with van der Waals surface area (Å²) in [6.45, 7) is 0. The van der Waals surface area contributed by atoms with Gasteiger partial charge in [0.05, 0.1) is 0 Å². The fourth-order valence-electron chi connectivity index (χ4n) is 2.26. The Morgan fingerprint density at radius 2 is 2.15 bits per heavy atom. The summed E-state index contributed by atoms with van der Waals surface area (Å²) in [5, 5.41) is 0. The van der Waals surface area contributed by atoms with E-state index in [0.29, 0.717) is 5.92 Å². The second-order valence-electron chi connectivity index (χ2n) is 3.85. The Kier molecular flexibility index (Phi) is 1.55. The van der Waals surface area contributed by atoms with Crippen LogP contribution in [0.15, 0.2) is 47.1 Å². The molecule has 3 rings (SSSR count). The first-order valence-corrected chi connectivity index (χ1v) is 4.97. The second kappa shape index (κ2) is 2.73. The maximum atomic E-state index is 3.56. The van der Waals surface area contributed by atoms with Gasteiger partial charge in [0.2, 0.25) is 0 Å². The summed E-state index contributed by atoms with van der Waals surface area (Å²) in [7, 11) is 0. The van der Waals surface area contributed by atoms with Crippen molar-refractivity contribution in [3.8, 4) is 0 Å². The summed E-state index contributed by atoms with van der Waals surface area (Å²) in [4.78, 5) is 0. The molecule has 0 heterocycles. The topological polar surface area (TPSA) is 0 Å². The Morgan fingerprint density at radius 1 is 1.23 bits per heavy atom. The van der Waals surface area contributed by atoms with E-state index in [1.54, 1.807) is 0 Å². The van der Waals surface area contributed by atoms with Crippen molar-refractivity contribution in [3.63, 3.8) is 0 Å². The van der Waals surface area contributed by atoms with Crippen molar-refractivity contribution in [2.75, 3.05) is 0 Å². The smallest absolute Gasteiger partial charge is 0.0282 e. The Hall–Kier alpha value is -1.04. The molecular formula is C13H12. The third kappa shape index (κ3) is 1.13. The fourth-order valence-corrected chi connectivity index (χ4v) is 2.26. The quantitative estimate of drug-likeness (QED) is 0.521. The Bertz CT molecular complexity index is 350. The van der Waals surface area contributed by atoms with Gasteiger partial charge in [-0.2, -0.15) is 0 Å². The van der Waals surface area contributed by atoms with Crippen LogP contribution in [0.2, 0.25) is 0 Å². The minimum atomic E-state index is 0.487. The van der Waals surface area contributed by atoms with E-state index in [-0.39, 0.29) is 0 Å². The van der Waals surface area contributed by atoms with Gasteiger partial charge in [-0.05, 0) is 30.4 Å². The van der Waals surface area contributed by atoms with Crippen LogP contribution in [0.5, 0.6) is 0 Å². The normalized spacial score (nSPS) is 30.2. The van der Waals surface area contributed by atoms with Crippen LogP contribution in [-0.2, 0) is 0 Å². The van der Waals surface area contributed by atoms with Crippen molar-refractivity contribution in [1.29, 1.82) is 0 Å². The van der Waals surface area contributed by atoms with Crippen molar-refractivity contribution in [2.45, 2.75) is 19.3 Å². The average Bonchev–Trinajstić information content (AvgIpc) is 2.61. The molecule has 0 amide bonds. The number of hydrogen-bond acceptors (Lipinski definition) is 0. The van der Waals surface area contributed by atoms with Gasteiger partial charge in [0, 0.05) is 12.3 Å². The maximum Gasteiger partial charge on any atom is 0.0282 e. The van der Waals surface area contributed by atoms with Crippen LogP contribution in [0.25, 0.3) is 0 Å². The van der Waals surface area contributed by atoms with Crippen LogP contribution < -0.4 is 0 Å². The minimum absolute atomic E-state index is 0.487. The lowest BCUT2D eigenvalue weighted by atomic mass is 9.77. The van der Waals surface area contributed by atoms with Crippen LogP contribution in [0.4, 0.5) is 0 Å². The average molecular weight is 168 g/mol. The molecule has 0 aliphatic heterocycles. The predicted molar refractivity (Wildman–Crippen MR) is 54.0 cm³/mol. The van der Waals surface area contributed by atoms with Gasteiger partial charge >= 0.3 is 0 Å². The second-order valence-corrected chi connectivity index (χ2v) is 3.85. The van der Waals surface area contributed by atoms with Gasteiger partial charge in [-0.3, -0.25) is 0 Å². The van der Waals surface area contributed by atoms with Crippen LogP contribution in [0.3, 0.4) is 0 Å². The summed E-state index contributed by atoms with van der Waals surface area (Å²) in [5.74, 6) is 0.487. The largest absolute Gasteiger partial charge is 0.0804 e. The Morgan fingerprint density at radius 3 is 3.15 bits per heavy atom. The molecule has 0 saturated heterocycles. The zero-order valence-corrected chi connectivity index (χ0v) is 7.59. The SMILES string of the molecule is [C]1C2=CCCC=C2CC2=CC=CC12. The molecular weight excluding hydrogens is 156 g/mol. The zero-order chi connectivity index (χ0) is 8.67. The van der Waals surface area contributed by atoms with Crippen LogP contribution in [-0.4, -0.2) is 0 Å². The molecule has 0 bridgehead atoms. The molecule has 3 aliphatic carbocycles. The molecule has 0 aromatic carbocycles. The number of hydrogen-bond donors (Lipinski definition) is 0. The van der Waals surface area contributed by atoms with Crippen molar-refractivity contribution < 1.29 is 0 Å². The Balaban J connectivity index is 1.96. The van der Waals surface area contributed by atoms with Crippen molar-refractivity contribution >= 4 is 0 Å². The van der Waals surface area contributed by atoms with E-state index in [1.807, 2.05) is 0 Å². The summed E-state index contributed by atoms with van der Waals surface area (Å²) < 4.78 is 0. The van der Waals surface area contributed by atoms with Crippen molar-refractivity contribution in [1.82, 2.24) is 0 Å². The zero-order valence-electron chi connectivity index (χ0n) is 7.59. The highest BCUT2D eigenvalue weighted by molar-refractivity contribution is 5.52. The van der Waals surface area contributed by atoms with Crippen LogP contribution in [0.1, 0.15) is 19.3 Å². The van der Waals surface area contributed by atoms with E-state index in [1.165, 1.54) is 29.6 Å². The first-order valence-electron chi connectivity index (χ1n) is 4.97. The highest BCUT2D eigenvalue weighted by Crippen LogP contribution is 2.40. The van der Waals surface area contributed by atoms with Gasteiger partial charge in [0.15, 0.2) is 0 Å². The molecule has 0 aromatic heterocycles. The monoisotopic (exact) mass is 168 g/mol. The minimum Gasteiger partial charge on any atom is -0.0804 e. The molecule has 64 valence electrons. The summed E-state index contributed by atoms with van der Waals surface area (Å²) in [5.41, 5.74) is 4.39. The highest BCUT2D eigenvalue weighted by atomic mass is 14.3. The number of fused-ring (bicyclic) bond motifs is 2. The summed E-state index contributed by atoms with van der Waals surface area (Å²) in [6.07, 6.45) is 18.5. The van der Waals surface area contributed by atoms with E-state index in [2.05, 4.69) is 36.8 Å². The third-order valence-electron chi connectivity index (χ3n) is 2.97. The van der Waals surface area contributed by atoms with Crippen LogP contribution >= 0.6 is 0 Å². The molecule has 13 heavy (non-hydrogen) atoms. The first kappa shape index (κ1) is 7.37. The molecule has 1 atom stereocenters. The van der Waals surface area contributed by atoms with Gasteiger partial charge in [0.25, 0.3) is 0 Å². The van der Waals surface area contributed by atoms with E-state index in [0.717, 1.165) is 6.42 Å². The van der Waals surface area contributed by atoms with E-state index >= 15 is 0 Å². The predicted octanol–water partition coefficient (Wildman–Crippen LogP) is 3.23. The van der Waals surface area contributed by atoms with E-state index in [9.17, 15) is 0 Å². The van der Waals surface area contributed by atoms with Crippen molar-refractivity contribution in [2.24, 2.45) is 5.92 Å². The maximum absolute atomic E-state index is 3.56. The van der Waals surface area contributed by atoms with Gasteiger partial charge in [0.1, 0.15) is 0 Å². The van der Waals surface area contributed by atoms with Crippen molar-refractivity contribution in [3.05, 3.63) is 53.5 Å². The molecule has 2 radical (unpaired) electrons. The molecule has 0 N–H and O–H groups in total. The summed E-state index contributed by atoms with van der Waals surface area (Å²) in [6, 6.07) is 0. The lowest BCUT2D eigenvalue weighted by Crippen LogP contribution is -2.12. The summed E-state index contributed by atoms with van der Waals surface area (Å²) >= 11 is 0. The Labute approximate surface area is 79.3 Å². The highest BCUT2D eigenvalue weighted by Gasteiger charge is 2.26.